The summed E-state index contributed by atoms with van der Waals surface area (Å²) in [6.07, 6.45) is 3.86. The number of piperidine rings is 1. The van der Waals surface area contributed by atoms with Crippen LogP contribution >= 0.6 is 0 Å². The molecule has 7 heteroatoms. The average molecular weight is 301 g/mol. The largest absolute Gasteiger partial charge is 0.378 e. The number of hydrogen-bond donors (Lipinski definition) is 0. The highest BCUT2D eigenvalue weighted by Gasteiger charge is 2.41. The van der Waals surface area contributed by atoms with Gasteiger partial charge in [0.05, 0.1) is 12.4 Å². The minimum atomic E-state index is -3.50. The molecule has 1 aliphatic heterocycles. The number of ether oxygens (including phenoxy) is 1. The van der Waals surface area contributed by atoms with Gasteiger partial charge in [-0.05, 0) is 13.3 Å². The van der Waals surface area contributed by atoms with Crippen LogP contribution in [0.2, 0.25) is 0 Å². The highest BCUT2D eigenvalue weighted by atomic mass is 32.2. The summed E-state index contributed by atoms with van der Waals surface area (Å²) in [5.74, 6) is 0. The molecule has 1 aliphatic rings. The van der Waals surface area contributed by atoms with Crippen molar-refractivity contribution in [1.82, 2.24) is 13.9 Å². The molecule has 20 heavy (non-hydrogen) atoms. The highest BCUT2D eigenvalue weighted by molar-refractivity contribution is 7.89. The first-order valence-corrected chi connectivity index (χ1v) is 8.31. The van der Waals surface area contributed by atoms with E-state index in [-0.39, 0.29) is 16.5 Å². The quantitative estimate of drug-likeness (QED) is 0.839. The second-order valence-corrected chi connectivity index (χ2v) is 7.82. The first-order chi connectivity index (χ1) is 9.27. The van der Waals surface area contributed by atoms with Gasteiger partial charge in [0.2, 0.25) is 0 Å². The molecule has 0 saturated carbocycles. The molecule has 2 heterocycles. The van der Waals surface area contributed by atoms with Crippen LogP contribution in [0.3, 0.4) is 0 Å². The van der Waals surface area contributed by atoms with Crippen LogP contribution in [0.4, 0.5) is 0 Å². The van der Waals surface area contributed by atoms with Gasteiger partial charge in [-0.15, -0.1) is 0 Å². The summed E-state index contributed by atoms with van der Waals surface area (Å²) < 4.78 is 34.0. The lowest BCUT2D eigenvalue weighted by Gasteiger charge is -2.42. The van der Waals surface area contributed by atoms with E-state index in [1.807, 2.05) is 20.8 Å². The fourth-order valence-corrected chi connectivity index (χ4v) is 4.25. The molecule has 2 rings (SSSR count). The van der Waals surface area contributed by atoms with Gasteiger partial charge in [0.25, 0.3) is 10.0 Å². The van der Waals surface area contributed by atoms with E-state index in [9.17, 15) is 8.42 Å². The van der Waals surface area contributed by atoms with Gasteiger partial charge in [-0.3, -0.25) is 0 Å². The van der Waals surface area contributed by atoms with Crippen LogP contribution < -0.4 is 0 Å². The van der Waals surface area contributed by atoms with E-state index < -0.39 is 10.0 Å². The summed E-state index contributed by atoms with van der Waals surface area (Å²) in [6, 6.07) is 0. The molecule has 1 fully saturated rings. The van der Waals surface area contributed by atoms with Crippen molar-refractivity contribution in [3.05, 3.63) is 12.5 Å². The molecule has 1 aromatic rings. The molecule has 114 valence electrons. The number of hydrogen-bond acceptors (Lipinski definition) is 4. The highest BCUT2D eigenvalue weighted by Crippen LogP contribution is 2.34. The monoisotopic (exact) mass is 301 g/mol. The average Bonchev–Trinajstić information content (AvgIpc) is 2.79. The lowest BCUT2D eigenvalue weighted by molar-refractivity contribution is -0.0533. The van der Waals surface area contributed by atoms with Crippen molar-refractivity contribution in [3.63, 3.8) is 0 Å². The third-order valence-electron chi connectivity index (χ3n) is 3.75. The van der Waals surface area contributed by atoms with Crippen LogP contribution in [0.1, 0.15) is 27.2 Å². The Morgan fingerprint density at radius 3 is 2.70 bits per heavy atom. The van der Waals surface area contributed by atoms with Gasteiger partial charge in [0.15, 0.2) is 5.03 Å². The SMILES string of the molecule is CCOC1CCN(S(=O)(=O)c2cn(C)cn2)CC1(C)C. The Morgan fingerprint density at radius 2 is 2.20 bits per heavy atom. The van der Waals surface area contributed by atoms with Gasteiger partial charge in [-0.2, -0.15) is 4.31 Å². The molecule has 1 unspecified atom stereocenters. The first-order valence-electron chi connectivity index (χ1n) is 6.87. The fraction of sp³-hybridized carbons (Fsp3) is 0.769. The van der Waals surface area contributed by atoms with Crippen molar-refractivity contribution in [2.24, 2.45) is 12.5 Å². The number of aromatic nitrogens is 2. The van der Waals surface area contributed by atoms with Crippen LogP contribution in [0.5, 0.6) is 0 Å². The topological polar surface area (TPSA) is 64.4 Å². The van der Waals surface area contributed by atoms with Crippen molar-refractivity contribution in [2.45, 2.75) is 38.3 Å². The zero-order valence-electron chi connectivity index (χ0n) is 12.5. The molecule has 0 amide bonds. The van der Waals surface area contributed by atoms with E-state index in [4.69, 9.17) is 4.74 Å². The molecular weight excluding hydrogens is 278 g/mol. The standard InChI is InChI=1S/C13H23N3O3S/c1-5-19-11-6-7-16(9-13(11,2)3)20(17,18)12-8-15(4)10-14-12/h8,10-11H,5-7,9H2,1-4H3. The second-order valence-electron chi connectivity index (χ2n) is 5.94. The number of sulfonamides is 1. The van der Waals surface area contributed by atoms with Crippen LogP contribution in [0.15, 0.2) is 17.6 Å². The lowest BCUT2D eigenvalue weighted by Crippen LogP contribution is -2.51. The smallest absolute Gasteiger partial charge is 0.262 e. The predicted octanol–water partition coefficient (Wildman–Crippen LogP) is 1.25. The maximum atomic E-state index is 12.6. The zero-order chi connectivity index (χ0) is 15.0. The third-order valence-corrected chi connectivity index (χ3v) is 5.48. The van der Waals surface area contributed by atoms with Gasteiger partial charge < -0.3 is 9.30 Å². The Morgan fingerprint density at radius 1 is 1.50 bits per heavy atom. The van der Waals surface area contributed by atoms with Gasteiger partial charge in [-0.25, -0.2) is 13.4 Å². The maximum Gasteiger partial charge on any atom is 0.262 e. The summed E-state index contributed by atoms with van der Waals surface area (Å²) in [5, 5.41) is 0.116. The predicted molar refractivity (Wildman–Crippen MR) is 75.8 cm³/mol. The summed E-state index contributed by atoms with van der Waals surface area (Å²) >= 11 is 0. The molecule has 1 aromatic heterocycles. The second kappa shape index (κ2) is 5.46. The molecule has 6 nitrogen and oxygen atoms in total. The van der Waals surface area contributed by atoms with Crippen molar-refractivity contribution >= 4 is 10.0 Å². The minimum absolute atomic E-state index is 0.0997. The summed E-state index contributed by atoms with van der Waals surface area (Å²) in [5.41, 5.74) is -0.198. The number of nitrogens with zero attached hydrogens (tertiary/aromatic N) is 3. The third kappa shape index (κ3) is 2.89. The molecular formula is C13H23N3O3S. The Balaban J connectivity index is 2.19. The van der Waals surface area contributed by atoms with Gasteiger partial charge in [-0.1, -0.05) is 13.8 Å². The molecule has 0 radical (unpaired) electrons. The minimum Gasteiger partial charge on any atom is -0.378 e. The van der Waals surface area contributed by atoms with Gasteiger partial charge in [0.1, 0.15) is 0 Å². The normalized spacial score (nSPS) is 23.9. The summed E-state index contributed by atoms with van der Waals surface area (Å²) in [4.78, 5) is 3.97. The van der Waals surface area contributed by atoms with E-state index in [2.05, 4.69) is 4.98 Å². The number of imidazole rings is 1. The van der Waals surface area contributed by atoms with E-state index in [0.717, 1.165) is 0 Å². The molecule has 1 atom stereocenters. The van der Waals surface area contributed by atoms with Crippen molar-refractivity contribution < 1.29 is 13.2 Å². The van der Waals surface area contributed by atoms with E-state index >= 15 is 0 Å². The summed E-state index contributed by atoms with van der Waals surface area (Å²) in [7, 11) is -1.74. The Kier molecular flexibility index (Phi) is 4.22. The van der Waals surface area contributed by atoms with Gasteiger partial charge in [0, 0.05) is 38.4 Å². The molecule has 1 saturated heterocycles. The fourth-order valence-electron chi connectivity index (χ4n) is 2.66. The number of rotatable bonds is 4. The van der Waals surface area contributed by atoms with Crippen molar-refractivity contribution in [1.29, 1.82) is 0 Å². The molecule has 0 spiro atoms. The Hall–Kier alpha value is -0.920. The zero-order valence-corrected chi connectivity index (χ0v) is 13.4. The molecule has 0 aliphatic carbocycles. The Bertz CT molecular complexity index is 565. The molecule has 0 aromatic carbocycles. The first kappa shape index (κ1) is 15.5. The molecule has 0 N–H and O–H groups in total. The van der Waals surface area contributed by atoms with Crippen LogP contribution in [-0.4, -0.2) is 48.1 Å². The van der Waals surface area contributed by atoms with E-state index in [1.165, 1.54) is 16.8 Å². The van der Waals surface area contributed by atoms with E-state index in [0.29, 0.717) is 26.1 Å². The molecule has 0 bridgehead atoms. The van der Waals surface area contributed by atoms with Crippen LogP contribution in [-0.2, 0) is 21.8 Å². The lowest BCUT2D eigenvalue weighted by atomic mass is 9.82. The van der Waals surface area contributed by atoms with E-state index in [1.54, 1.807) is 11.6 Å². The summed E-state index contributed by atoms with van der Waals surface area (Å²) in [6.45, 7) is 7.65. The van der Waals surface area contributed by atoms with Gasteiger partial charge >= 0.3 is 0 Å². The number of aryl methyl sites for hydroxylation is 1. The maximum absolute atomic E-state index is 12.6. The van der Waals surface area contributed by atoms with Crippen molar-refractivity contribution in [2.75, 3.05) is 19.7 Å². The van der Waals surface area contributed by atoms with Crippen molar-refractivity contribution in [3.8, 4) is 0 Å². The Labute approximate surface area is 120 Å². The van der Waals surface area contributed by atoms with Crippen LogP contribution in [0, 0.1) is 5.41 Å². The van der Waals surface area contributed by atoms with Crippen LogP contribution in [0.25, 0.3) is 0 Å².